The van der Waals surface area contributed by atoms with Crippen LogP contribution in [0.15, 0.2) is 152 Å². The van der Waals surface area contributed by atoms with Crippen molar-refractivity contribution in [3.63, 3.8) is 0 Å². The van der Waals surface area contributed by atoms with E-state index in [2.05, 4.69) is 123 Å². The summed E-state index contributed by atoms with van der Waals surface area (Å²) in [5.41, 5.74) is 10.2. The average Bonchev–Trinajstić information content (AvgIpc) is 3.59. The Morgan fingerprint density at radius 3 is 1.58 bits per heavy atom. The summed E-state index contributed by atoms with van der Waals surface area (Å²) < 4.78 is 0.919. The maximum absolute atomic E-state index is 5.01. The smallest absolute Gasteiger partial charge is 0.234 e. The van der Waals surface area contributed by atoms with Crippen molar-refractivity contribution in [1.82, 2.24) is 24.9 Å². The van der Waals surface area contributed by atoms with E-state index in [4.69, 9.17) is 19.9 Å². The molecule has 0 saturated carbocycles. The number of aromatic nitrogens is 5. The number of nitrogens with zero attached hydrogens (tertiary/aromatic N) is 6. The highest BCUT2D eigenvalue weighted by atomic mass is 32.1. The van der Waals surface area contributed by atoms with Crippen molar-refractivity contribution in [3.8, 4) is 55.2 Å². The average molecular weight is 667 g/mol. The molecule has 8 rings (SSSR count). The zero-order valence-corrected chi connectivity index (χ0v) is 28.8. The van der Waals surface area contributed by atoms with Gasteiger partial charge in [0.2, 0.25) is 11.9 Å². The fourth-order valence-electron chi connectivity index (χ4n) is 6.09. The lowest BCUT2D eigenvalue weighted by atomic mass is 9.96. The second-order valence-corrected chi connectivity index (χ2v) is 14.1. The van der Waals surface area contributed by atoms with Gasteiger partial charge in [0.1, 0.15) is 5.01 Å². The van der Waals surface area contributed by atoms with Crippen LogP contribution in [-0.2, 0) is 0 Å². The van der Waals surface area contributed by atoms with Crippen molar-refractivity contribution >= 4 is 33.6 Å². The largest absolute Gasteiger partial charge is 0.273 e. The molecule has 0 amide bonds. The number of anilines is 2. The molecule has 0 bridgehead atoms. The summed E-state index contributed by atoms with van der Waals surface area (Å²) in [4.78, 5) is 26.3. The van der Waals surface area contributed by atoms with Gasteiger partial charge in [0.25, 0.3) is 0 Å². The van der Waals surface area contributed by atoms with E-state index in [0.717, 1.165) is 37.7 Å². The van der Waals surface area contributed by atoms with Crippen LogP contribution in [0, 0.1) is 0 Å². The van der Waals surface area contributed by atoms with Crippen LogP contribution in [0.25, 0.3) is 65.6 Å². The van der Waals surface area contributed by atoms with E-state index in [0.29, 0.717) is 17.5 Å². The molecule has 0 N–H and O–H groups in total. The molecule has 0 spiro atoms. The summed E-state index contributed by atoms with van der Waals surface area (Å²) in [7, 11) is 0. The number of hydrogen-bond donors (Lipinski definition) is 0. The molecule has 50 heavy (non-hydrogen) atoms. The lowest BCUT2D eigenvalue weighted by molar-refractivity contribution is 0.541. The SMILES string of the molecule is CC(C)(C)N(c1nccc(-c2ccccc2)n1)c1ncc2sc(-c3cccc(-c4cccc(-c5cccc(-c6ccccc6)c5)c4)c3)nc2n1. The van der Waals surface area contributed by atoms with Gasteiger partial charge in [-0.15, -0.1) is 11.3 Å². The third-order valence-electron chi connectivity index (χ3n) is 8.53. The van der Waals surface area contributed by atoms with Gasteiger partial charge in [-0.2, -0.15) is 4.98 Å². The Bertz CT molecular complexity index is 2430. The second-order valence-electron chi connectivity index (χ2n) is 13.1. The Balaban J connectivity index is 1.10. The minimum Gasteiger partial charge on any atom is -0.273 e. The van der Waals surface area contributed by atoms with Crippen molar-refractivity contribution in [2.24, 2.45) is 0 Å². The third kappa shape index (κ3) is 6.39. The zero-order chi connectivity index (χ0) is 34.1. The molecular formula is C43H34N6S. The predicted octanol–water partition coefficient (Wildman–Crippen LogP) is 11.1. The molecule has 0 aliphatic rings. The molecule has 242 valence electrons. The van der Waals surface area contributed by atoms with Gasteiger partial charge in [0, 0.05) is 22.9 Å². The molecule has 0 fully saturated rings. The molecule has 7 heteroatoms. The molecule has 0 radical (unpaired) electrons. The summed E-state index contributed by atoms with van der Waals surface area (Å²) in [6, 6.07) is 48.5. The van der Waals surface area contributed by atoms with Gasteiger partial charge in [0.15, 0.2) is 5.65 Å². The molecule has 8 aromatic rings. The van der Waals surface area contributed by atoms with E-state index in [-0.39, 0.29) is 0 Å². The number of hydrogen-bond acceptors (Lipinski definition) is 7. The molecule has 0 saturated heterocycles. The summed E-state index contributed by atoms with van der Waals surface area (Å²) in [5.74, 6) is 1.05. The van der Waals surface area contributed by atoms with Crippen molar-refractivity contribution in [3.05, 3.63) is 152 Å². The number of benzene rings is 5. The van der Waals surface area contributed by atoms with E-state index >= 15 is 0 Å². The highest BCUT2D eigenvalue weighted by Crippen LogP contribution is 2.36. The van der Waals surface area contributed by atoms with Crippen molar-refractivity contribution in [2.75, 3.05) is 4.90 Å². The standard InChI is InChI=1S/C43H34N6S/c1-43(2,3)49(41-44-24-23-37(46-41)30-15-8-5-9-16-30)42-45-28-38-39(48-42)47-40(50-38)36-22-12-21-35(27-36)34-20-11-19-33(26-34)32-18-10-17-31(25-32)29-13-6-4-7-14-29/h4-28H,1-3H3. The van der Waals surface area contributed by atoms with Gasteiger partial charge in [-0.05, 0) is 78.4 Å². The molecule has 0 unspecified atom stereocenters. The lowest BCUT2D eigenvalue weighted by Crippen LogP contribution is -2.39. The van der Waals surface area contributed by atoms with Crippen LogP contribution in [0.2, 0.25) is 0 Å². The van der Waals surface area contributed by atoms with Crippen LogP contribution in [-0.4, -0.2) is 30.5 Å². The Morgan fingerprint density at radius 1 is 0.480 bits per heavy atom. The first-order valence-corrected chi connectivity index (χ1v) is 17.4. The molecule has 3 aromatic heterocycles. The van der Waals surface area contributed by atoms with Gasteiger partial charge in [-0.1, -0.05) is 115 Å². The lowest BCUT2D eigenvalue weighted by Gasteiger charge is -2.33. The van der Waals surface area contributed by atoms with Crippen LogP contribution < -0.4 is 4.90 Å². The maximum atomic E-state index is 5.01. The van der Waals surface area contributed by atoms with Crippen LogP contribution >= 0.6 is 11.3 Å². The van der Waals surface area contributed by atoms with Gasteiger partial charge in [-0.3, -0.25) is 4.90 Å². The van der Waals surface area contributed by atoms with Gasteiger partial charge in [-0.25, -0.2) is 19.9 Å². The van der Waals surface area contributed by atoms with E-state index in [1.807, 2.05) is 53.6 Å². The zero-order valence-electron chi connectivity index (χ0n) is 28.0. The highest BCUT2D eigenvalue weighted by Gasteiger charge is 2.29. The van der Waals surface area contributed by atoms with E-state index in [1.165, 1.54) is 22.3 Å². The third-order valence-corrected chi connectivity index (χ3v) is 9.56. The Hall–Kier alpha value is -6.05. The molecule has 6 nitrogen and oxygen atoms in total. The first-order valence-electron chi connectivity index (χ1n) is 16.6. The predicted molar refractivity (Wildman–Crippen MR) is 206 cm³/mol. The Morgan fingerprint density at radius 2 is 0.980 bits per heavy atom. The number of rotatable bonds is 7. The van der Waals surface area contributed by atoms with Crippen LogP contribution in [0.1, 0.15) is 20.8 Å². The summed E-state index contributed by atoms with van der Waals surface area (Å²) >= 11 is 1.59. The quantitative estimate of drug-likeness (QED) is 0.169. The first kappa shape index (κ1) is 31.2. The number of thiazole rings is 1. The maximum Gasteiger partial charge on any atom is 0.234 e. The summed E-state index contributed by atoms with van der Waals surface area (Å²) in [6.45, 7) is 6.31. The van der Waals surface area contributed by atoms with Crippen molar-refractivity contribution in [2.45, 2.75) is 26.3 Å². The highest BCUT2D eigenvalue weighted by molar-refractivity contribution is 7.21. The van der Waals surface area contributed by atoms with E-state index in [1.54, 1.807) is 17.5 Å². The topological polar surface area (TPSA) is 67.7 Å². The molecule has 0 atom stereocenters. The van der Waals surface area contributed by atoms with Gasteiger partial charge < -0.3 is 0 Å². The summed E-state index contributed by atoms with van der Waals surface area (Å²) in [6.07, 6.45) is 3.64. The summed E-state index contributed by atoms with van der Waals surface area (Å²) in [5, 5.41) is 0.893. The number of fused-ring (bicyclic) bond motifs is 1. The van der Waals surface area contributed by atoms with Crippen molar-refractivity contribution in [1.29, 1.82) is 0 Å². The van der Waals surface area contributed by atoms with Crippen LogP contribution in [0.4, 0.5) is 11.9 Å². The fraction of sp³-hybridized carbons (Fsp3) is 0.0930. The Kier molecular flexibility index (Phi) is 8.18. The van der Waals surface area contributed by atoms with Gasteiger partial charge >= 0.3 is 0 Å². The van der Waals surface area contributed by atoms with E-state index < -0.39 is 5.54 Å². The molecule has 0 aliphatic heterocycles. The van der Waals surface area contributed by atoms with Crippen LogP contribution in [0.5, 0.6) is 0 Å². The minimum absolute atomic E-state index is 0.395. The molecule has 3 heterocycles. The normalized spacial score (nSPS) is 11.5. The first-order chi connectivity index (χ1) is 24.4. The van der Waals surface area contributed by atoms with Crippen molar-refractivity contribution < 1.29 is 0 Å². The monoisotopic (exact) mass is 666 g/mol. The van der Waals surface area contributed by atoms with Crippen LogP contribution in [0.3, 0.4) is 0 Å². The molecular weight excluding hydrogens is 633 g/mol. The molecule has 5 aromatic carbocycles. The minimum atomic E-state index is -0.395. The van der Waals surface area contributed by atoms with E-state index in [9.17, 15) is 0 Å². The van der Waals surface area contributed by atoms with Gasteiger partial charge in [0.05, 0.1) is 16.6 Å². The second kappa shape index (κ2) is 13.1. The fourth-order valence-corrected chi connectivity index (χ4v) is 6.97. The molecule has 0 aliphatic carbocycles. The Labute approximate surface area is 295 Å².